The zero-order valence-electron chi connectivity index (χ0n) is 14.0. The van der Waals surface area contributed by atoms with E-state index in [1.807, 2.05) is 0 Å². The number of anilines is 1. The van der Waals surface area contributed by atoms with Crippen LogP contribution in [0.25, 0.3) is 11.7 Å². The lowest BCUT2D eigenvalue weighted by molar-refractivity contribution is 0.208. The number of aromatic amines is 2. The molecule has 1 unspecified atom stereocenters. The Balaban J connectivity index is 1.88. The maximum atomic E-state index is 11.3. The van der Waals surface area contributed by atoms with Crippen LogP contribution in [0.3, 0.4) is 0 Å². The first kappa shape index (κ1) is 16.3. The van der Waals surface area contributed by atoms with Crippen LogP contribution in [-0.4, -0.2) is 58.5 Å². The molecule has 26 heavy (non-hydrogen) atoms. The van der Waals surface area contributed by atoms with Gasteiger partial charge in [0.2, 0.25) is 11.8 Å². The summed E-state index contributed by atoms with van der Waals surface area (Å²) >= 11 is 0. The molecule has 1 saturated carbocycles. The number of aliphatic hydroxyl groups excluding tert-OH is 1. The van der Waals surface area contributed by atoms with Crippen LogP contribution in [0.5, 0.6) is 5.88 Å². The monoisotopic (exact) mass is 358 g/mol. The van der Waals surface area contributed by atoms with Crippen LogP contribution in [0.4, 0.5) is 5.95 Å². The average molecular weight is 358 g/mol. The zero-order chi connectivity index (χ0) is 18.3. The first-order valence-electron chi connectivity index (χ1n) is 8.24. The molecular formula is C15H18N8O3. The van der Waals surface area contributed by atoms with Gasteiger partial charge < -0.3 is 20.5 Å². The molecule has 1 atom stereocenters. The minimum Gasteiger partial charge on any atom is -0.493 e. The maximum Gasteiger partial charge on any atom is 0.326 e. The number of aromatic nitrogens is 6. The number of hydrogen-bond donors (Lipinski definition) is 5. The second-order valence-corrected chi connectivity index (χ2v) is 6.26. The van der Waals surface area contributed by atoms with Gasteiger partial charge in [0.1, 0.15) is 5.69 Å². The largest absolute Gasteiger partial charge is 0.493 e. The number of nitrogens with one attached hydrogen (secondary N) is 3. The van der Waals surface area contributed by atoms with Gasteiger partial charge in [-0.25, -0.2) is 9.79 Å². The number of imidazole rings is 1. The van der Waals surface area contributed by atoms with Gasteiger partial charge in [-0.3, -0.25) is 4.98 Å². The topological polar surface area (TPSA) is 157 Å². The molecule has 1 aliphatic rings. The number of H-pyrrole nitrogens is 2. The Morgan fingerprint density at radius 1 is 1.46 bits per heavy atom. The molecule has 0 spiro atoms. The molecule has 136 valence electrons. The van der Waals surface area contributed by atoms with Crippen LogP contribution in [0.1, 0.15) is 25.5 Å². The number of hydrogen-bond acceptors (Lipinski definition) is 8. The van der Waals surface area contributed by atoms with Crippen molar-refractivity contribution in [3.63, 3.8) is 0 Å². The van der Waals surface area contributed by atoms with E-state index < -0.39 is 11.8 Å². The van der Waals surface area contributed by atoms with Gasteiger partial charge in [0.05, 0.1) is 18.3 Å². The van der Waals surface area contributed by atoms with E-state index >= 15 is 0 Å². The van der Waals surface area contributed by atoms with Gasteiger partial charge in [-0.1, -0.05) is 0 Å². The van der Waals surface area contributed by atoms with Crippen molar-refractivity contribution < 1.29 is 10.2 Å². The summed E-state index contributed by atoms with van der Waals surface area (Å²) in [6.07, 6.45) is 4.58. The van der Waals surface area contributed by atoms with Crippen LogP contribution < -0.4 is 21.8 Å². The molecular weight excluding hydrogens is 340 g/mol. The van der Waals surface area contributed by atoms with E-state index in [1.165, 1.54) is 4.52 Å². The predicted octanol–water partition coefficient (Wildman–Crippen LogP) is -1.75. The number of nitrogens with zero attached hydrogens (tertiary/aromatic N) is 5. The Morgan fingerprint density at radius 3 is 2.92 bits per heavy atom. The minimum absolute atomic E-state index is 0.225. The van der Waals surface area contributed by atoms with Crippen molar-refractivity contribution in [2.75, 3.05) is 11.9 Å². The fraction of sp³-hybridized carbons (Fsp3) is 0.400. The first-order valence-corrected chi connectivity index (χ1v) is 8.24. The van der Waals surface area contributed by atoms with Gasteiger partial charge in [0.15, 0.2) is 5.65 Å². The van der Waals surface area contributed by atoms with Gasteiger partial charge in [-0.2, -0.15) is 19.6 Å². The van der Waals surface area contributed by atoms with Crippen molar-refractivity contribution in [2.45, 2.75) is 31.9 Å². The van der Waals surface area contributed by atoms with Crippen molar-refractivity contribution >= 4 is 17.7 Å². The van der Waals surface area contributed by atoms with Crippen molar-refractivity contribution in [3.05, 3.63) is 33.2 Å². The minimum atomic E-state index is -0.559. The average Bonchev–Trinajstić information content (AvgIpc) is 3.22. The smallest absolute Gasteiger partial charge is 0.326 e. The molecule has 3 heterocycles. The summed E-state index contributed by atoms with van der Waals surface area (Å²) in [5.41, 5.74) is 0.595. The highest BCUT2D eigenvalue weighted by Gasteiger charge is 2.21. The molecule has 0 aromatic carbocycles. The lowest BCUT2D eigenvalue weighted by atomic mass is 10.3. The van der Waals surface area contributed by atoms with E-state index in [-0.39, 0.29) is 24.2 Å². The molecule has 11 heteroatoms. The highest BCUT2D eigenvalue weighted by Crippen LogP contribution is 2.22. The molecule has 0 bridgehead atoms. The maximum absolute atomic E-state index is 11.3. The van der Waals surface area contributed by atoms with Crippen molar-refractivity contribution in [1.29, 1.82) is 0 Å². The summed E-state index contributed by atoms with van der Waals surface area (Å²) in [5.74, 6) is 0.0542. The fourth-order valence-electron chi connectivity index (χ4n) is 2.40. The Labute approximate surface area is 146 Å². The first-order chi connectivity index (χ1) is 12.5. The Bertz CT molecular complexity index is 1120. The van der Waals surface area contributed by atoms with Crippen LogP contribution >= 0.6 is 0 Å². The van der Waals surface area contributed by atoms with Crippen LogP contribution in [0.2, 0.25) is 0 Å². The van der Waals surface area contributed by atoms with Crippen LogP contribution in [0, 0.1) is 0 Å². The molecule has 3 aromatic rings. The van der Waals surface area contributed by atoms with Gasteiger partial charge in [-0.15, -0.1) is 0 Å². The summed E-state index contributed by atoms with van der Waals surface area (Å²) < 4.78 is 1.51. The molecule has 5 N–H and O–H groups in total. The Hall–Kier alpha value is -3.21. The van der Waals surface area contributed by atoms with E-state index in [1.54, 1.807) is 19.2 Å². The number of aliphatic hydroxyl groups is 1. The summed E-state index contributed by atoms with van der Waals surface area (Å²) in [4.78, 5) is 29.4. The van der Waals surface area contributed by atoms with Crippen LogP contribution in [0.15, 0.2) is 16.0 Å². The normalized spacial score (nSPS) is 17.2. The van der Waals surface area contributed by atoms with E-state index in [0.717, 1.165) is 12.8 Å². The van der Waals surface area contributed by atoms with Crippen molar-refractivity contribution in [1.82, 2.24) is 29.5 Å². The number of rotatable bonds is 5. The van der Waals surface area contributed by atoms with E-state index in [4.69, 9.17) is 0 Å². The molecule has 0 aliphatic heterocycles. The Morgan fingerprint density at radius 2 is 2.27 bits per heavy atom. The fourth-order valence-corrected chi connectivity index (χ4v) is 2.40. The molecule has 0 radical (unpaired) electrons. The van der Waals surface area contributed by atoms with E-state index in [9.17, 15) is 15.0 Å². The van der Waals surface area contributed by atoms with Crippen molar-refractivity contribution in [2.24, 2.45) is 4.99 Å². The van der Waals surface area contributed by atoms with Gasteiger partial charge in [0, 0.05) is 11.8 Å². The van der Waals surface area contributed by atoms with Crippen molar-refractivity contribution in [3.8, 4) is 5.88 Å². The standard InChI is InChI=1S/C15H18N8O3/c1-7(24)5-16-13-20-11-8(4-10-12(25)21-15(26)19-10)6-17-23(11)14(22-13)18-9-2-3-9/h4,6-7,9,24-25H,2-3,5H2,1H3,(H,16,18,22)(H2,19,21,26). The highest BCUT2D eigenvalue weighted by molar-refractivity contribution is 5.57. The highest BCUT2D eigenvalue weighted by atomic mass is 16.3. The molecule has 11 nitrogen and oxygen atoms in total. The summed E-state index contributed by atoms with van der Waals surface area (Å²) in [7, 11) is 0. The molecule has 3 aromatic heterocycles. The quantitative estimate of drug-likeness (QED) is 0.362. The summed E-state index contributed by atoms with van der Waals surface area (Å²) in [5, 5.41) is 27.0. The molecule has 1 aliphatic carbocycles. The summed E-state index contributed by atoms with van der Waals surface area (Å²) in [6.45, 7) is 1.95. The molecule has 0 amide bonds. The lowest BCUT2D eigenvalue weighted by Gasteiger charge is -2.06. The second-order valence-electron chi connectivity index (χ2n) is 6.26. The Kier molecular flexibility index (Phi) is 3.92. The third-order valence-corrected chi connectivity index (χ3v) is 3.81. The number of aromatic hydroxyl groups is 1. The molecule has 0 saturated heterocycles. The van der Waals surface area contributed by atoms with Gasteiger partial charge in [-0.05, 0) is 25.8 Å². The SMILES string of the molecule is CC(O)CNc1nc(=NC2CC2)n2ncc(=Cc3[nH]c(=O)[nH]c3O)c2n1. The van der Waals surface area contributed by atoms with Crippen LogP contribution in [-0.2, 0) is 0 Å². The predicted molar refractivity (Wildman–Crippen MR) is 91.4 cm³/mol. The third-order valence-electron chi connectivity index (χ3n) is 3.81. The summed E-state index contributed by atoms with van der Waals surface area (Å²) in [6, 6.07) is 0.236. The van der Waals surface area contributed by atoms with E-state index in [0.29, 0.717) is 22.4 Å². The zero-order valence-corrected chi connectivity index (χ0v) is 14.0. The molecule has 1 fully saturated rings. The lowest BCUT2D eigenvalue weighted by Crippen LogP contribution is -2.26. The third kappa shape index (κ3) is 3.28. The van der Waals surface area contributed by atoms with E-state index in [2.05, 4.69) is 35.3 Å². The van der Waals surface area contributed by atoms with Gasteiger partial charge in [0.25, 0.3) is 5.62 Å². The van der Waals surface area contributed by atoms with Gasteiger partial charge >= 0.3 is 5.69 Å². The number of fused-ring (bicyclic) bond motifs is 1. The molecule has 4 rings (SSSR count). The second kappa shape index (κ2) is 6.26.